The Bertz CT molecular complexity index is 1330. The molecule has 0 bridgehead atoms. The third-order valence-electron chi connectivity index (χ3n) is 4.96. The summed E-state index contributed by atoms with van der Waals surface area (Å²) in [6, 6.07) is 20.5. The van der Waals surface area contributed by atoms with Crippen molar-refractivity contribution in [1.82, 2.24) is 9.97 Å². The van der Waals surface area contributed by atoms with Gasteiger partial charge in [0.1, 0.15) is 5.82 Å². The van der Waals surface area contributed by atoms with Crippen LogP contribution in [-0.4, -0.2) is 29.7 Å². The van der Waals surface area contributed by atoms with Crippen molar-refractivity contribution in [2.45, 2.75) is 17.9 Å². The first-order valence-electron chi connectivity index (χ1n) is 9.56. The van der Waals surface area contributed by atoms with Gasteiger partial charge in [-0.1, -0.05) is 48.5 Å². The van der Waals surface area contributed by atoms with E-state index in [0.717, 1.165) is 33.3 Å². The Labute approximate surface area is 175 Å². The van der Waals surface area contributed by atoms with Crippen molar-refractivity contribution >= 4 is 33.0 Å². The molecule has 4 rings (SSSR count). The first kappa shape index (κ1) is 20.1. The van der Waals surface area contributed by atoms with E-state index in [0.29, 0.717) is 10.7 Å². The van der Waals surface area contributed by atoms with Gasteiger partial charge >= 0.3 is 0 Å². The number of H-pyrrole nitrogens is 1. The van der Waals surface area contributed by atoms with Crippen LogP contribution >= 0.6 is 0 Å². The van der Waals surface area contributed by atoms with Gasteiger partial charge in [-0.2, -0.15) is 0 Å². The largest absolute Gasteiger partial charge is 0.389 e. The highest BCUT2D eigenvalue weighted by atomic mass is 32.2. The van der Waals surface area contributed by atoms with Gasteiger partial charge in [0.2, 0.25) is 0 Å². The summed E-state index contributed by atoms with van der Waals surface area (Å²) in [6.07, 6.45) is 4.39. The molecule has 1 heterocycles. The SMILES string of the molecule is CC(O)c1ccccc1-c1ccc2nc(/C=C/c3ccc(S(C)(=O)=O)cc3)[nH]c2c1. The topological polar surface area (TPSA) is 83.1 Å². The molecular weight excluding hydrogens is 396 g/mol. The Hall–Kier alpha value is -3.22. The molecule has 30 heavy (non-hydrogen) atoms. The fourth-order valence-corrected chi connectivity index (χ4v) is 4.03. The number of benzene rings is 3. The molecule has 152 valence electrons. The minimum Gasteiger partial charge on any atom is -0.389 e. The molecule has 0 saturated carbocycles. The third kappa shape index (κ3) is 4.20. The normalized spacial score (nSPS) is 13.2. The maximum atomic E-state index is 11.6. The Morgan fingerprint density at radius 1 is 1.00 bits per heavy atom. The van der Waals surface area contributed by atoms with Crippen molar-refractivity contribution in [3.05, 3.63) is 83.7 Å². The van der Waals surface area contributed by atoms with E-state index in [1.807, 2.05) is 54.6 Å². The van der Waals surface area contributed by atoms with Crippen molar-refractivity contribution in [3.63, 3.8) is 0 Å². The van der Waals surface area contributed by atoms with Gasteiger partial charge in [0.25, 0.3) is 0 Å². The number of aromatic nitrogens is 2. The molecule has 5 nitrogen and oxygen atoms in total. The van der Waals surface area contributed by atoms with E-state index in [2.05, 4.69) is 9.97 Å². The van der Waals surface area contributed by atoms with Crippen LogP contribution in [0.5, 0.6) is 0 Å². The number of hydrogen-bond donors (Lipinski definition) is 2. The van der Waals surface area contributed by atoms with E-state index >= 15 is 0 Å². The first-order valence-corrected chi connectivity index (χ1v) is 11.5. The van der Waals surface area contributed by atoms with Gasteiger partial charge in [-0.25, -0.2) is 13.4 Å². The number of aromatic amines is 1. The monoisotopic (exact) mass is 418 g/mol. The maximum absolute atomic E-state index is 11.6. The van der Waals surface area contributed by atoms with Gasteiger partial charge in [-0.3, -0.25) is 0 Å². The summed E-state index contributed by atoms with van der Waals surface area (Å²) < 4.78 is 23.1. The van der Waals surface area contributed by atoms with E-state index in [1.54, 1.807) is 31.2 Å². The fraction of sp³-hybridized carbons (Fsp3) is 0.125. The Balaban J connectivity index is 1.63. The highest BCUT2D eigenvalue weighted by molar-refractivity contribution is 7.90. The Morgan fingerprint density at radius 3 is 2.43 bits per heavy atom. The van der Waals surface area contributed by atoms with Crippen LogP contribution in [-0.2, 0) is 9.84 Å². The number of rotatable bonds is 5. The Kier molecular flexibility index (Phi) is 5.28. The van der Waals surface area contributed by atoms with E-state index < -0.39 is 15.9 Å². The quantitative estimate of drug-likeness (QED) is 0.485. The van der Waals surface area contributed by atoms with Gasteiger partial charge in [-0.05, 0) is 59.5 Å². The van der Waals surface area contributed by atoms with E-state index in [-0.39, 0.29) is 0 Å². The molecular formula is C24H22N2O3S. The van der Waals surface area contributed by atoms with Gasteiger partial charge in [0, 0.05) is 6.26 Å². The number of aliphatic hydroxyl groups is 1. The van der Waals surface area contributed by atoms with Crippen molar-refractivity contribution in [1.29, 1.82) is 0 Å². The molecule has 1 unspecified atom stereocenters. The molecule has 1 aromatic heterocycles. The van der Waals surface area contributed by atoms with Crippen LogP contribution in [0.3, 0.4) is 0 Å². The van der Waals surface area contributed by atoms with Crippen molar-refractivity contribution in [3.8, 4) is 11.1 Å². The average molecular weight is 419 g/mol. The molecule has 3 aromatic carbocycles. The van der Waals surface area contributed by atoms with Crippen LogP contribution in [0.25, 0.3) is 34.3 Å². The number of nitrogens with zero attached hydrogens (tertiary/aromatic N) is 1. The summed E-state index contributed by atoms with van der Waals surface area (Å²) in [5, 5.41) is 10.1. The second-order valence-corrected chi connectivity index (χ2v) is 9.31. The summed E-state index contributed by atoms with van der Waals surface area (Å²) in [4.78, 5) is 8.19. The highest BCUT2D eigenvalue weighted by Gasteiger charge is 2.10. The van der Waals surface area contributed by atoms with Crippen molar-refractivity contribution in [2.24, 2.45) is 0 Å². The van der Waals surface area contributed by atoms with Gasteiger partial charge < -0.3 is 10.1 Å². The van der Waals surface area contributed by atoms with Crippen LogP contribution in [0.2, 0.25) is 0 Å². The second kappa shape index (κ2) is 7.89. The molecule has 4 aromatic rings. The lowest BCUT2D eigenvalue weighted by atomic mass is 9.96. The molecule has 0 aliphatic heterocycles. The summed E-state index contributed by atoms with van der Waals surface area (Å²) in [7, 11) is -3.20. The number of fused-ring (bicyclic) bond motifs is 1. The average Bonchev–Trinajstić information content (AvgIpc) is 3.14. The predicted octanol–water partition coefficient (Wildman–Crippen LogP) is 4.86. The van der Waals surface area contributed by atoms with Crippen LogP contribution in [0.1, 0.15) is 30.0 Å². The molecule has 6 heteroatoms. The number of imidazole rings is 1. The molecule has 0 spiro atoms. The predicted molar refractivity (Wildman–Crippen MR) is 121 cm³/mol. The summed E-state index contributed by atoms with van der Waals surface area (Å²) in [6.45, 7) is 1.76. The second-order valence-electron chi connectivity index (χ2n) is 7.29. The standard InChI is InChI=1S/C24H22N2O3S/c1-16(27)20-5-3-4-6-21(20)18-10-13-22-23(15-18)26-24(25-22)14-9-17-7-11-19(12-8-17)30(2,28)29/h3-16,27H,1-2H3,(H,25,26)/b14-9+. The van der Waals surface area contributed by atoms with E-state index in [9.17, 15) is 13.5 Å². The fourth-order valence-electron chi connectivity index (χ4n) is 3.40. The zero-order valence-corrected chi connectivity index (χ0v) is 17.5. The van der Waals surface area contributed by atoms with E-state index in [1.165, 1.54) is 6.26 Å². The van der Waals surface area contributed by atoms with Crippen molar-refractivity contribution < 1.29 is 13.5 Å². The van der Waals surface area contributed by atoms with Crippen LogP contribution in [0.4, 0.5) is 0 Å². The lowest BCUT2D eigenvalue weighted by Crippen LogP contribution is -1.95. The lowest BCUT2D eigenvalue weighted by Gasteiger charge is -2.11. The summed E-state index contributed by atoms with van der Waals surface area (Å²) >= 11 is 0. The van der Waals surface area contributed by atoms with Gasteiger partial charge in [0.05, 0.1) is 22.0 Å². The molecule has 0 amide bonds. The van der Waals surface area contributed by atoms with Gasteiger partial charge in [0.15, 0.2) is 9.84 Å². The number of nitrogens with one attached hydrogen (secondary N) is 1. The van der Waals surface area contributed by atoms with Gasteiger partial charge in [-0.15, -0.1) is 0 Å². The van der Waals surface area contributed by atoms with Crippen molar-refractivity contribution in [2.75, 3.05) is 6.26 Å². The molecule has 0 aliphatic carbocycles. The zero-order chi connectivity index (χ0) is 21.3. The maximum Gasteiger partial charge on any atom is 0.175 e. The first-order chi connectivity index (χ1) is 14.3. The summed E-state index contributed by atoms with van der Waals surface area (Å²) in [5.41, 5.74) is 5.52. The minimum atomic E-state index is -3.20. The summed E-state index contributed by atoms with van der Waals surface area (Å²) in [5.74, 6) is 0.707. The smallest absolute Gasteiger partial charge is 0.175 e. The van der Waals surface area contributed by atoms with Crippen LogP contribution in [0, 0.1) is 0 Å². The molecule has 1 atom stereocenters. The molecule has 2 N–H and O–H groups in total. The lowest BCUT2D eigenvalue weighted by molar-refractivity contribution is 0.200. The third-order valence-corrected chi connectivity index (χ3v) is 6.09. The number of hydrogen-bond acceptors (Lipinski definition) is 4. The minimum absolute atomic E-state index is 0.299. The number of aliphatic hydroxyl groups excluding tert-OH is 1. The zero-order valence-electron chi connectivity index (χ0n) is 16.7. The highest BCUT2D eigenvalue weighted by Crippen LogP contribution is 2.30. The molecule has 0 radical (unpaired) electrons. The molecule has 0 aliphatic rings. The Morgan fingerprint density at radius 2 is 1.73 bits per heavy atom. The molecule has 0 fully saturated rings. The number of sulfone groups is 1. The molecule has 0 saturated heterocycles. The van der Waals surface area contributed by atoms with E-state index in [4.69, 9.17) is 0 Å². The van der Waals surface area contributed by atoms with Crippen LogP contribution < -0.4 is 0 Å². The van der Waals surface area contributed by atoms with Crippen LogP contribution in [0.15, 0.2) is 71.6 Å².